The first-order chi connectivity index (χ1) is 12.1. The second kappa shape index (κ2) is 7.81. The molecule has 1 aliphatic heterocycles. The van der Waals surface area contributed by atoms with E-state index in [1.165, 1.54) is 0 Å². The van der Waals surface area contributed by atoms with E-state index in [9.17, 15) is 9.59 Å². The Morgan fingerprint density at radius 1 is 0.920 bits per heavy atom. The normalized spacial score (nSPS) is 15.0. The van der Waals surface area contributed by atoms with Gasteiger partial charge in [0, 0.05) is 37.6 Å². The van der Waals surface area contributed by atoms with E-state index in [2.05, 4.69) is 10.2 Å². The number of carbonyl (C=O) groups excluding carboxylic acids is 2. The maximum Gasteiger partial charge on any atom is 0.256 e. The van der Waals surface area contributed by atoms with Crippen molar-refractivity contribution in [2.75, 3.05) is 43.8 Å². The number of benzene rings is 2. The number of anilines is 2. The van der Waals surface area contributed by atoms with Gasteiger partial charge in [-0.05, 0) is 24.3 Å². The molecule has 25 heavy (non-hydrogen) atoms. The summed E-state index contributed by atoms with van der Waals surface area (Å²) in [5.74, 6) is -0.0928. The molecule has 6 nitrogen and oxygen atoms in total. The Kier molecular flexibility index (Phi) is 5.30. The Labute approximate surface area is 147 Å². The second-order valence-electron chi connectivity index (χ2n) is 6.07. The fraction of sp³-hybridized carbons (Fsp3) is 0.263. The number of nitrogen functional groups attached to an aromatic ring is 1. The number of hydrogen-bond acceptors (Lipinski definition) is 4. The van der Waals surface area contributed by atoms with Crippen molar-refractivity contribution in [2.45, 2.75) is 0 Å². The van der Waals surface area contributed by atoms with E-state index >= 15 is 0 Å². The molecule has 0 unspecified atom stereocenters. The van der Waals surface area contributed by atoms with Crippen molar-refractivity contribution in [3.8, 4) is 0 Å². The lowest BCUT2D eigenvalue weighted by atomic mass is 10.1. The fourth-order valence-electron chi connectivity index (χ4n) is 2.90. The summed E-state index contributed by atoms with van der Waals surface area (Å²) in [6.07, 6.45) is 0. The van der Waals surface area contributed by atoms with Gasteiger partial charge in [0.25, 0.3) is 5.91 Å². The molecule has 130 valence electrons. The molecular formula is C19H22N4O2. The standard InChI is InChI=1S/C19H22N4O2/c20-17-9-5-4-8-16(17)19(25)23-12-10-22(11-13-23)14-18(24)21-15-6-2-1-3-7-15/h1-9H,10-14,20H2,(H,21,24). The van der Waals surface area contributed by atoms with E-state index < -0.39 is 0 Å². The number of rotatable bonds is 4. The van der Waals surface area contributed by atoms with Gasteiger partial charge in [0.15, 0.2) is 0 Å². The minimum atomic E-state index is -0.0495. The largest absolute Gasteiger partial charge is 0.398 e. The zero-order valence-electron chi connectivity index (χ0n) is 14.0. The first-order valence-electron chi connectivity index (χ1n) is 8.34. The van der Waals surface area contributed by atoms with Crippen LogP contribution >= 0.6 is 0 Å². The molecule has 1 heterocycles. The predicted molar refractivity (Wildman–Crippen MR) is 98.3 cm³/mol. The molecule has 0 bridgehead atoms. The molecule has 0 aromatic heterocycles. The first kappa shape index (κ1) is 17.0. The van der Waals surface area contributed by atoms with E-state index in [1.807, 2.05) is 42.5 Å². The lowest BCUT2D eigenvalue weighted by molar-refractivity contribution is -0.117. The van der Waals surface area contributed by atoms with Crippen molar-refractivity contribution in [3.05, 3.63) is 60.2 Å². The van der Waals surface area contributed by atoms with Gasteiger partial charge in [-0.15, -0.1) is 0 Å². The minimum absolute atomic E-state index is 0.0433. The molecule has 0 spiro atoms. The van der Waals surface area contributed by atoms with Gasteiger partial charge in [-0.2, -0.15) is 0 Å². The molecular weight excluding hydrogens is 316 g/mol. The van der Waals surface area contributed by atoms with Crippen molar-refractivity contribution in [1.29, 1.82) is 0 Å². The molecule has 2 aromatic carbocycles. The SMILES string of the molecule is Nc1ccccc1C(=O)N1CCN(CC(=O)Nc2ccccc2)CC1. The molecule has 1 fully saturated rings. The smallest absolute Gasteiger partial charge is 0.256 e. The Morgan fingerprint density at radius 3 is 2.24 bits per heavy atom. The molecule has 1 saturated heterocycles. The number of para-hydroxylation sites is 2. The van der Waals surface area contributed by atoms with Gasteiger partial charge >= 0.3 is 0 Å². The van der Waals surface area contributed by atoms with E-state index in [0.29, 0.717) is 44.0 Å². The average molecular weight is 338 g/mol. The summed E-state index contributed by atoms with van der Waals surface area (Å²) in [5, 5.41) is 2.88. The fourth-order valence-corrected chi connectivity index (χ4v) is 2.90. The Hall–Kier alpha value is -2.86. The van der Waals surface area contributed by atoms with Crippen LogP contribution in [0.1, 0.15) is 10.4 Å². The van der Waals surface area contributed by atoms with Crippen LogP contribution in [-0.2, 0) is 4.79 Å². The van der Waals surface area contributed by atoms with Gasteiger partial charge in [-0.3, -0.25) is 14.5 Å². The van der Waals surface area contributed by atoms with Gasteiger partial charge in [0.05, 0.1) is 12.1 Å². The van der Waals surface area contributed by atoms with Crippen molar-refractivity contribution in [3.63, 3.8) is 0 Å². The number of nitrogens with one attached hydrogen (secondary N) is 1. The van der Waals surface area contributed by atoms with Crippen LogP contribution in [0.2, 0.25) is 0 Å². The zero-order chi connectivity index (χ0) is 17.6. The van der Waals surface area contributed by atoms with E-state index in [0.717, 1.165) is 5.69 Å². The van der Waals surface area contributed by atoms with Gasteiger partial charge in [0.2, 0.25) is 5.91 Å². The summed E-state index contributed by atoms with van der Waals surface area (Å²) in [7, 11) is 0. The summed E-state index contributed by atoms with van der Waals surface area (Å²) in [6, 6.07) is 16.5. The lowest BCUT2D eigenvalue weighted by Crippen LogP contribution is -2.50. The van der Waals surface area contributed by atoms with Gasteiger partial charge in [-0.1, -0.05) is 30.3 Å². The van der Waals surface area contributed by atoms with E-state index in [-0.39, 0.29) is 11.8 Å². The van der Waals surface area contributed by atoms with Crippen LogP contribution in [0.5, 0.6) is 0 Å². The molecule has 6 heteroatoms. The Balaban J connectivity index is 1.49. The number of amides is 2. The molecule has 0 aliphatic carbocycles. The highest BCUT2D eigenvalue weighted by molar-refractivity contribution is 5.99. The number of carbonyl (C=O) groups is 2. The van der Waals surface area contributed by atoms with Crippen LogP contribution < -0.4 is 11.1 Å². The van der Waals surface area contributed by atoms with Crippen molar-refractivity contribution < 1.29 is 9.59 Å². The Morgan fingerprint density at radius 2 is 1.56 bits per heavy atom. The maximum atomic E-state index is 12.5. The lowest BCUT2D eigenvalue weighted by Gasteiger charge is -2.34. The maximum absolute atomic E-state index is 12.5. The van der Waals surface area contributed by atoms with Crippen molar-refractivity contribution >= 4 is 23.2 Å². The second-order valence-corrected chi connectivity index (χ2v) is 6.07. The van der Waals surface area contributed by atoms with Crippen LogP contribution in [-0.4, -0.2) is 54.3 Å². The molecule has 3 N–H and O–H groups in total. The topological polar surface area (TPSA) is 78.7 Å². The number of hydrogen-bond donors (Lipinski definition) is 2. The summed E-state index contributed by atoms with van der Waals surface area (Å²) in [5.41, 5.74) is 7.71. The third kappa shape index (κ3) is 4.36. The zero-order valence-corrected chi connectivity index (χ0v) is 14.0. The minimum Gasteiger partial charge on any atom is -0.398 e. The monoisotopic (exact) mass is 338 g/mol. The van der Waals surface area contributed by atoms with Crippen LogP contribution in [0.25, 0.3) is 0 Å². The number of nitrogens with zero attached hydrogens (tertiary/aromatic N) is 2. The third-order valence-corrected chi connectivity index (χ3v) is 4.28. The summed E-state index contributed by atoms with van der Waals surface area (Å²) in [4.78, 5) is 28.5. The van der Waals surface area contributed by atoms with Gasteiger partial charge in [0.1, 0.15) is 0 Å². The summed E-state index contributed by atoms with van der Waals surface area (Å²) in [6.45, 7) is 2.84. The number of nitrogens with two attached hydrogens (primary N) is 1. The van der Waals surface area contributed by atoms with Crippen molar-refractivity contribution in [1.82, 2.24) is 9.80 Å². The van der Waals surface area contributed by atoms with Crippen LogP contribution in [0.15, 0.2) is 54.6 Å². The van der Waals surface area contributed by atoms with Crippen molar-refractivity contribution in [2.24, 2.45) is 0 Å². The molecule has 2 amide bonds. The van der Waals surface area contributed by atoms with Gasteiger partial charge in [-0.25, -0.2) is 0 Å². The number of piperazine rings is 1. The highest BCUT2D eigenvalue weighted by Crippen LogP contribution is 2.15. The van der Waals surface area contributed by atoms with Crippen LogP contribution in [0.4, 0.5) is 11.4 Å². The third-order valence-electron chi connectivity index (χ3n) is 4.28. The Bertz CT molecular complexity index is 740. The summed E-state index contributed by atoms with van der Waals surface area (Å²) < 4.78 is 0. The van der Waals surface area contributed by atoms with E-state index in [4.69, 9.17) is 5.73 Å². The molecule has 0 saturated carbocycles. The van der Waals surface area contributed by atoms with Crippen LogP contribution in [0.3, 0.4) is 0 Å². The summed E-state index contributed by atoms with van der Waals surface area (Å²) >= 11 is 0. The predicted octanol–water partition coefficient (Wildman–Crippen LogP) is 1.67. The highest BCUT2D eigenvalue weighted by Gasteiger charge is 2.24. The first-order valence-corrected chi connectivity index (χ1v) is 8.34. The van der Waals surface area contributed by atoms with E-state index in [1.54, 1.807) is 17.0 Å². The highest BCUT2D eigenvalue weighted by atomic mass is 16.2. The molecule has 3 rings (SSSR count). The molecule has 2 aromatic rings. The van der Waals surface area contributed by atoms with Crippen LogP contribution in [0, 0.1) is 0 Å². The molecule has 0 atom stereocenters. The molecule has 0 radical (unpaired) electrons. The average Bonchev–Trinajstić information content (AvgIpc) is 2.63. The molecule has 1 aliphatic rings. The van der Waals surface area contributed by atoms with Gasteiger partial charge < -0.3 is 16.0 Å². The quantitative estimate of drug-likeness (QED) is 0.831.